The summed E-state index contributed by atoms with van der Waals surface area (Å²) in [6, 6.07) is 2.59. The van der Waals surface area contributed by atoms with E-state index in [1.165, 1.54) is 6.07 Å². The van der Waals surface area contributed by atoms with Crippen LogP contribution >= 0.6 is 23.7 Å². The molecule has 15 heteroatoms. The number of alkyl halides is 3. The van der Waals surface area contributed by atoms with E-state index < -0.39 is 44.2 Å². The van der Waals surface area contributed by atoms with Gasteiger partial charge in [0.1, 0.15) is 9.94 Å². The third-order valence-electron chi connectivity index (χ3n) is 3.95. The molecule has 2 amide bonds. The minimum atomic E-state index is -5.02. The molecular formula is C17H16F3N5O5S2. The second-order valence-electron chi connectivity index (χ2n) is 6.67. The standard InChI is InChI=1S/C17H16F3N5O5S2/c1-8(2)13-15(26)22-7-12(31-13)23-30-16(27)24(3)32-14-10(17(18,19)20)4-9(6-21)5-11(14)25(28)29/h4-5,8,13H,7H2,1-3H3,(H,22,26). The maximum absolute atomic E-state index is 13.4. The lowest BCUT2D eigenvalue weighted by Gasteiger charge is -2.25. The van der Waals surface area contributed by atoms with Crippen LogP contribution in [0.15, 0.2) is 22.2 Å². The van der Waals surface area contributed by atoms with Gasteiger partial charge in [0.15, 0.2) is 0 Å². The summed E-state index contributed by atoms with van der Waals surface area (Å²) >= 11 is 1.20. The van der Waals surface area contributed by atoms with Crippen LogP contribution in [0.4, 0.5) is 23.7 Å². The first-order chi connectivity index (χ1) is 14.8. The normalized spacial score (nSPS) is 17.6. The van der Waals surface area contributed by atoms with Gasteiger partial charge < -0.3 is 5.32 Å². The molecule has 0 spiro atoms. The van der Waals surface area contributed by atoms with Crippen LogP contribution in [-0.2, 0) is 15.8 Å². The van der Waals surface area contributed by atoms with Crippen molar-refractivity contribution in [2.75, 3.05) is 13.6 Å². The number of benzene rings is 1. The van der Waals surface area contributed by atoms with Crippen molar-refractivity contribution >= 4 is 46.4 Å². The Balaban J connectivity index is 2.24. The molecule has 0 saturated carbocycles. The van der Waals surface area contributed by atoms with Gasteiger partial charge in [-0.3, -0.25) is 19.7 Å². The van der Waals surface area contributed by atoms with Crippen LogP contribution in [0.3, 0.4) is 0 Å². The van der Waals surface area contributed by atoms with E-state index in [0.29, 0.717) is 16.4 Å². The van der Waals surface area contributed by atoms with E-state index >= 15 is 0 Å². The van der Waals surface area contributed by atoms with Gasteiger partial charge in [0.25, 0.3) is 5.69 Å². The fourth-order valence-electron chi connectivity index (χ4n) is 2.44. The molecule has 2 rings (SSSR count). The number of rotatable bonds is 5. The number of thioether (sulfide) groups is 1. The van der Waals surface area contributed by atoms with Crippen LogP contribution in [0.5, 0.6) is 0 Å². The lowest BCUT2D eigenvalue weighted by molar-refractivity contribution is -0.388. The largest absolute Gasteiger partial charge is 0.446 e. The molecule has 1 aromatic carbocycles. The van der Waals surface area contributed by atoms with Crippen molar-refractivity contribution in [1.29, 1.82) is 5.26 Å². The van der Waals surface area contributed by atoms with Crippen LogP contribution in [-0.4, -0.2) is 45.1 Å². The van der Waals surface area contributed by atoms with Gasteiger partial charge in [0.2, 0.25) is 5.91 Å². The van der Waals surface area contributed by atoms with Crippen molar-refractivity contribution in [3.05, 3.63) is 33.4 Å². The number of hydrogen-bond acceptors (Lipinski definition) is 9. The van der Waals surface area contributed by atoms with E-state index in [0.717, 1.165) is 18.8 Å². The van der Waals surface area contributed by atoms with E-state index in [4.69, 9.17) is 10.1 Å². The van der Waals surface area contributed by atoms with Crippen LogP contribution < -0.4 is 5.32 Å². The average molecular weight is 491 g/mol. The number of halogens is 3. The summed E-state index contributed by atoms with van der Waals surface area (Å²) in [6.07, 6.45) is -6.22. The Morgan fingerprint density at radius 2 is 2.16 bits per heavy atom. The molecule has 0 radical (unpaired) electrons. The molecule has 0 aliphatic carbocycles. The highest BCUT2D eigenvalue weighted by Crippen LogP contribution is 2.43. The van der Waals surface area contributed by atoms with Gasteiger partial charge in [0, 0.05) is 25.1 Å². The van der Waals surface area contributed by atoms with Gasteiger partial charge >= 0.3 is 12.3 Å². The predicted molar refractivity (Wildman–Crippen MR) is 110 cm³/mol. The molecule has 1 aliphatic heterocycles. The SMILES string of the molecule is CC(C)C1SC(=NOC(=O)N(C)Sc2c([N+](=O)[O-])cc(C#N)cc2C(F)(F)F)CNC1=O. The topological polar surface area (TPSA) is 138 Å². The molecule has 1 unspecified atom stereocenters. The zero-order valence-corrected chi connectivity index (χ0v) is 18.4. The van der Waals surface area contributed by atoms with Gasteiger partial charge in [-0.2, -0.15) is 18.4 Å². The van der Waals surface area contributed by atoms with Gasteiger partial charge in [0.05, 0.1) is 33.9 Å². The van der Waals surface area contributed by atoms with E-state index in [2.05, 4.69) is 10.5 Å². The number of nitro benzene ring substituents is 1. The molecule has 10 nitrogen and oxygen atoms in total. The minimum Gasteiger partial charge on any atom is -0.349 e. The molecule has 1 fully saturated rings. The molecule has 0 bridgehead atoms. The molecule has 172 valence electrons. The summed E-state index contributed by atoms with van der Waals surface area (Å²) in [5.74, 6) is -0.229. The van der Waals surface area contributed by atoms with Crippen molar-refractivity contribution in [2.24, 2.45) is 11.1 Å². The van der Waals surface area contributed by atoms with Gasteiger partial charge in [-0.1, -0.05) is 30.8 Å². The molecule has 1 N–H and O–H groups in total. The van der Waals surface area contributed by atoms with E-state index in [1.807, 2.05) is 13.8 Å². The number of oxime groups is 1. The molecule has 1 aliphatic rings. The van der Waals surface area contributed by atoms with Crippen molar-refractivity contribution in [1.82, 2.24) is 9.62 Å². The first kappa shape index (κ1) is 25.3. The number of hydrogen-bond donors (Lipinski definition) is 1. The Morgan fingerprint density at radius 3 is 2.69 bits per heavy atom. The molecule has 1 heterocycles. The number of nitro groups is 1. The molecule has 1 atom stereocenters. The number of nitrogens with zero attached hydrogens (tertiary/aromatic N) is 4. The Bertz CT molecular complexity index is 1010. The van der Waals surface area contributed by atoms with Gasteiger partial charge in [-0.05, 0) is 12.0 Å². The van der Waals surface area contributed by atoms with Crippen molar-refractivity contribution in [3.63, 3.8) is 0 Å². The highest BCUT2D eigenvalue weighted by Gasteiger charge is 2.39. The lowest BCUT2D eigenvalue weighted by atomic mass is 10.1. The zero-order valence-electron chi connectivity index (χ0n) is 16.8. The van der Waals surface area contributed by atoms with Gasteiger partial charge in [-0.15, -0.1) is 0 Å². The molecule has 32 heavy (non-hydrogen) atoms. The minimum absolute atomic E-state index is 0.0101. The molecule has 0 aromatic heterocycles. The Kier molecular flexibility index (Phi) is 7.97. The lowest BCUT2D eigenvalue weighted by Crippen LogP contribution is -2.44. The second-order valence-corrected chi connectivity index (χ2v) is 9.02. The molecule has 1 saturated heterocycles. The van der Waals surface area contributed by atoms with Crippen LogP contribution in [0.25, 0.3) is 0 Å². The maximum atomic E-state index is 13.4. The fourth-order valence-corrected chi connectivity index (χ4v) is 4.31. The summed E-state index contributed by atoms with van der Waals surface area (Å²) in [4.78, 5) is 38.1. The summed E-state index contributed by atoms with van der Waals surface area (Å²) in [5.41, 5.74) is -2.98. The number of nitrogens with one attached hydrogen (secondary N) is 1. The molecular weight excluding hydrogens is 475 g/mol. The summed E-state index contributed by atoms with van der Waals surface area (Å²) in [5, 5.41) is 26.2. The highest BCUT2D eigenvalue weighted by molar-refractivity contribution is 8.15. The zero-order chi connectivity index (χ0) is 24.2. The van der Waals surface area contributed by atoms with E-state index in [9.17, 15) is 32.9 Å². The Labute approximate surface area is 188 Å². The third kappa shape index (κ3) is 6.04. The number of carbonyl (C=O) groups excluding carboxylic acids is 2. The van der Waals surface area contributed by atoms with Crippen LogP contribution in [0.1, 0.15) is 25.0 Å². The second kappa shape index (κ2) is 10.1. The maximum Gasteiger partial charge on any atom is 0.446 e. The van der Waals surface area contributed by atoms with Gasteiger partial charge in [-0.25, -0.2) is 9.10 Å². The van der Waals surface area contributed by atoms with Crippen LogP contribution in [0, 0.1) is 27.4 Å². The summed E-state index contributed by atoms with van der Waals surface area (Å²) in [6.45, 7) is 3.65. The predicted octanol–water partition coefficient (Wildman–Crippen LogP) is 3.76. The number of carbonyl (C=O) groups is 2. The van der Waals surface area contributed by atoms with E-state index in [1.54, 1.807) is 0 Å². The number of amides is 2. The van der Waals surface area contributed by atoms with E-state index in [-0.39, 0.29) is 35.4 Å². The Morgan fingerprint density at radius 1 is 1.50 bits per heavy atom. The number of nitriles is 1. The van der Waals surface area contributed by atoms with Crippen molar-refractivity contribution < 1.29 is 32.5 Å². The smallest absolute Gasteiger partial charge is 0.349 e. The molecule has 1 aromatic rings. The van der Waals surface area contributed by atoms with Crippen molar-refractivity contribution in [3.8, 4) is 6.07 Å². The van der Waals surface area contributed by atoms with Crippen LogP contribution in [0.2, 0.25) is 0 Å². The fraction of sp³-hybridized carbons (Fsp3) is 0.412. The first-order valence-electron chi connectivity index (χ1n) is 8.78. The first-order valence-corrected chi connectivity index (χ1v) is 10.4. The highest BCUT2D eigenvalue weighted by atomic mass is 32.2. The Hall–Kier alpha value is -2.99. The third-order valence-corrected chi connectivity index (χ3v) is 6.49. The quantitative estimate of drug-likeness (QED) is 0.284. The monoisotopic (exact) mass is 491 g/mol. The summed E-state index contributed by atoms with van der Waals surface area (Å²) in [7, 11) is 1.04. The summed E-state index contributed by atoms with van der Waals surface area (Å²) < 4.78 is 40.9. The van der Waals surface area contributed by atoms with Crippen molar-refractivity contribution in [2.45, 2.75) is 30.2 Å². The average Bonchev–Trinajstić information content (AvgIpc) is 2.71.